The maximum atomic E-state index is 12.3. The Balaban J connectivity index is 1.95. The van der Waals surface area contributed by atoms with Gasteiger partial charge in [-0.15, -0.1) is 0 Å². The minimum atomic E-state index is -0.482. The molecule has 7 nitrogen and oxygen atoms in total. The smallest absolute Gasteiger partial charge is 0.315 e. The Morgan fingerprint density at radius 1 is 1.23 bits per heavy atom. The third kappa shape index (κ3) is 5.30. The molecule has 0 bridgehead atoms. The average Bonchev–Trinajstić information content (AvgIpc) is 2.75. The number of ether oxygens (including phenoxy) is 2. The number of piperidine rings is 1. The van der Waals surface area contributed by atoms with E-state index >= 15 is 0 Å². The fraction of sp³-hybridized carbons (Fsp3) is 0.375. The number of hydrogen-bond acceptors (Lipinski definition) is 6. The standard InChI is InChI=1S/C24H28N2O5/c1-5-25-9-8-22(27)19(14-25)11-18-12-21(26(28)29)24(23(13-18)30-4)31-15-20-10-16(2)6-7-17(20)3/h6-7,10-13H,5,8-9,14-15H2,1-4H3/b19-11+. The number of ketones is 1. The van der Waals surface area contributed by atoms with Crippen molar-refractivity contribution in [2.75, 3.05) is 26.7 Å². The molecule has 0 aromatic heterocycles. The number of methoxy groups -OCH3 is 1. The number of carbonyl (C=O) groups excluding carboxylic acids is 1. The van der Waals surface area contributed by atoms with Crippen molar-refractivity contribution in [3.05, 3.63) is 68.3 Å². The van der Waals surface area contributed by atoms with Gasteiger partial charge in [0.1, 0.15) is 6.61 Å². The molecule has 0 aliphatic carbocycles. The molecule has 3 rings (SSSR count). The van der Waals surface area contributed by atoms with Gasteiger partial charge in [-0.05, 0) is 49.2 Å². The Bertz CT molecular complexity index is 1030. The summed E-state index contributed by atoms with van der Waals surface area (Å²) in [5.74, 6) is 0.421. The molecule has 0 N–H and O–H groups in total. The van der Waals surface area contributed by atoms with E-state index < -0.39 is 4.92 Å². The van der Waals surface area contributed by atoms with Gasteiger partial charge in [-0.3, -0.25) is 19.8 Å². The summed E-state index contributed by atoms with van der Waals surface area (Å²) in [5.41, 5.74) is 4.09. The highest BCUT2D eigenvalue weighted by Gasteiger charge is 2.24. The van der Waals surface area contributed by atoms with E-state index in [9.17, 15) is 14.9 Å². The van der Waals surface area contributed by atoms with Crippen molar-refractivity contribution >= 4 is 17.5 Å². The summed E-state index contributed by atoms with van der Waals surface area (Å²) in [7, 11) is 1.45. The van der Waals surface area contributed by atoms with E-state index in [4.69, 9.17) is 9.47 Å². The Hall–Kier alpha value is -3.19. The largest absolute Gasteiger partial charge is 0.493 e. The van der Waals surface area contributed by atoms with Crippen LogP contribution in [0.1, 0.15) is 35.6 Å². The van der Waals surface area contributed by atoms with Gasteiger partial charge in [0.25, 0.3) is 0 Å². The molecular formula is C24H28N2O5. The zero-order valence-corrected chi connectivity index (χ0v) is 18.4. The number of hydrogen-bond donors (Lipinski definition) is 0. The van der Waals surface area contributed by atoms with Crippen LogP contribution in [0.3, 0.4) is 0 Å². The zero-order chi connectivity index (χ0) is 22.5. The van der Waals surface area contributed by atoms with Crippen LogP contribution < -0.4 is 9.47 Å². The first-order chi connectivity index (χ1) is 14.8. The molecule has 1 heterocycles. The van der Waals surface area contributed by atoms with E-state index in [1.54, 1.807) is 12.1 Å². The van der Waals surface area contributed by atoms with Crippen molar-refractivity contribution in [1.29, 1.82) is 0 Å². The fourth-order valence-corrected chi connectivity index (χ4v) is 3.66. The summed E-state index contributed by atoms with van der Waals surface area (Å²) < 4.78 is 11.3. The van der Waals surface area contributed by atoms with Gasteiger partial charge in [-0.1, -0.05) is 30.7 Å². The quantitative estimate of drug-likeness (QED) is 0.370. The topological polar surface area (TPSA) is 81.9 Å². The molecule has 0 radical (unpaired) electrons. The molecule has 0 unspecified atom stereocenters. The normalized spacial score (nSPS) is 15.9. The highest BCUT2D eigenvalue weighted by atomic mass is 16.6. The second-order valence-electron chi connectivity index (χ2n) is 7.76. The van der Waals surface area contributed by atoms with Crippen LogP contribution >= 0.6 is 0 Å². The van der Waals surface area contributed by atoms with Crippen molar-refractivity contribution in [3.8, 4) is 11.5 Å². The maximum Gasteiger partial charge on any atom is 0.315 e. The van der Waals surface area contributed by atoms with E-state index in [0.717, 1.165) is 29.8 Å². The molecule has 0 spiro atoms. The Kier molecular flexibility index (Phi) is 7.07. The molecule has 0 amide bonds. The molecule has 1 aliphatic rings. The molecule has 164 valence electrons. The Morgan fingerprint density at radius 2 is 2.00 bits per heavy atom. The second-order valence-corrected chi connectivity index (χ2v) is 7.76. The summed E-state index contributed by atoms with van der Waals surface area (Å²) in [5, 5.41) is 11.8. The van der Waals surface area contributed by atoms with Crippen molar-refractivity contribution < 1.29 is 19.2 Å². The van der Waals surface area contributed by atoms with Crippen molar-refractivity contribution in [2.45, 2.75) is 33.8 Å². The fourth-order valence-electron chi connectivity index (χ4n) is 3.66. The highest BCUT2D eigenvalue weighted by molar-refractivity contribution is 6.00. The van der Waals surface area contributed by atoms with Gasteiger partial charge >= 0.3 is 5.69 Å². The van der Waals surface area contributed by atoms with E-state index in [1.165, 1.54) is 13.2 Å². The number of likely N-dealkylation sites (tertiary alicyclic amines) is 1. The minimum absolute atomic E-state index is 0.0709. The Morgan fingerprint density at radius 3 is 2.68 bits per heavy atom. The lowest BCUT2D eigenvalue weighted by atomic mass is 10.00. The molecule has 7 heteroatoms. The van der Waals surface area contributed by atoms with Gasteiger partial charge in [-0.2, -0.15) is 0 Å². The molecule has 2 aromatic rings. The SMILES string of the molecule is CCN1CCC(=O)/C(=C/c2cc(OC)c(OCc3cc(C)ccc3C)c([N+](=O)[O-])c2)C1. The highest BCUT2D eigenvalue weighted by Crippen LogP contribution is 2.39. The molecule has 1 saturated heterocycles. The lowest BCUT2D eigenvalue weighted by molar-refractivity contribution is -0.386. The van der Waals surface area contributed by atoms with Crippen LogP contribution in [0.5, 0.6) is 11.5 Å². The van der Waals surface area contributed by atoms with Gasteiger partial charge in [0.05, 0.1) is 12.0 Å². The lowest BCUT2D eigenvalue weighted by Crippen LogP contribution is -2.35. The number of nitro benzene ring substituents is 1. The number of nitrogens with zero attached hydrogens (tertiary/aromatic N) is 2. The van der Waals surface area contributed by atoms with Gasteiger partial charge < -0.3 is 9.47 Å². The molecule has 1 aliphatic heterocycles. The summed E-state index contributed by atoms with van der Waals surface area (Å²) in [6, 6.07) is 9.12. The number of benzene rings is 2. The summed E-state index contributed by atoms with van der Waals surface area (Å²) in [4.78, 5) is 25.8. The van der Waals surface area contributed by atoms with Crippen LogP contribution in [0.25, 0.3) is 6.08 Å². The van der Waals surface area contributed by atoms with Crippen LogP contribution in [-0.2, 0) is 11.4 Å². The Labute approximate surface area is 182 Å². The van der Waals surface area contributed by atoms with Gasteiger partial charge in [0.15, 0.2) is 11.5 Å². The molecule has 2 aromatic carbocycles. The summed E-state index contributed by atoms with van der Waals surface area (Å²) >= 11 is 0. The van der Waals surface area contributed by atoms with Crippen LogP contribution in [0.15, 0.2) is 35.9 Å². The number of carbonyl (C=O) groups is 1. The van der Waals surface area contributed by atoms with Gasteiger partial charge in [0, 0.05) is 31.1 Å². The first-order valence-corrected chi connectivity index (χ1v) is 10.3. The summed E-state index contributed by atoms with van der Waals surface area (Å²) in [6.45, 7) is 8.32. The zero-order valence-electron chi connectivity index (χ0n) is 18.4. The molecule has 1 fully saturated rings. The van der Waals surface area contributed by atoms with E-state index in [0.29, 0.717) is 24.1 Å². The maximum absolute atomic E-state index is 12.3. The van der Waals surface area contributed by atoms with E-state index in [-0.39, 0.29) is 29.6 Å². The third-order valence-electron chi connectivity index (χ3n) is 5.55. The van der Waals surface area contributed by atoms with Crippen LogP contribution in [-0.4, -0.2) is 42.4 Å². The van der Waals surface area contributed by atoms with Gasteiger partial charge in [-0.25, -0.2) is 0 Å². The van der Waals surface area contributed by atoms with Crippen molar-refractivity contribution in [3.63, 3.8) is 0 Å². The number of Topliss-reactive ketones (excluding diaryl/α,β-unsaturated/α-hetero) is 1. The predicted molar refractivity (Wildman–Crippen MR) is 120 cm³/mol. The first-order valence-electron chi connectivity index (χ1n) is 10.3. The molecule has 0 atom stereocenters. The number of aryl methyl sites for hydroxylation is 2. The molecule has 0 saturated carbocycles. The van der Waals surface area contributed by atoms with Crippen molar-refractivity contribution in [2.24, 2.45) is 0 Å². The number of rotatable bonds is 7. The molecular weight excluding hydrogens is 396 g/mol. The van der Waals surface area contributed by atoms with Gasteiger partial charge in [0.2, 0.25) is 5.75 Å². The minimum Gasteiger partial charge on any atom is -0.493 e. The second kappa shape index (κ2) is 9.75. The molecule has 31 heavy (non-hydrogen) atoms. The van der Waals surface area contributed by atoms with Crippen LogP contribution in [0.2, 0.25) is 0 Å². The van der Waals surface area contributed by atoms with E-state index in [1.807, 2.05) is 39.0 Å². The van der Waals surface area contributed by atoms with E-state index in [2.05, 4.69) is 4.90 Å². The number of nitro groups is 1. The average molecular weight is 424 g/mol. The first kappa shape index (κ1) is 22.5. The van der Waals surface area contributed by atoms with Crippen molar-refractivity contribution in [1.82, 2.24) is 4.90 Å². The monoisotopic (exact) mass is 424 g/mol. The third-order valence-corrected chi connectivity index (χ3v) is 5.55. The summed E-state index contributed by atoms with van der Waals surface area (Å²) in [6.07, 6.45) is 2.17. The van der Waals surface area contributed by atoms with Crippen LogP contribution in [0.4, 0.5) is 5.69 Å². The van der Waals surface area contributed by atoms with Crippen LogP contribution in [0, 0.1) is 24.0 Å². The number of likely N-dealkylation sites (N-methyl/N-ethyl adjacent to an activating group) is 1. The predicted octanol–water partition coefficient (Wildman–Crippen LogP) is 4.48. The lowest BCUT2D eigenvalue weighted by Gasteiger charge is -2.26.